The van der Waals surface area contributed by atoms with Gasteiger partial charge in [0.15, 0.2) is 0 Å². The van der Waals surface area contributed by atoms with Crippen molar-refractivity contribution in [2.45, 2.75) is 32.5 Å². The predicted molar refractivity (Wildman–Crippen MR) is 73.5 cm³/mol. The van der Waals surface area contributed by atoms with E-state index in [4.69, 9.17) is 4.74 Å². The van der Waals surface area contributed by atoms with Crippen LogP contribution in [0.3, 0.4) is 0 Å². The molecule has 0 atom stereocenters. The van der Waals surface area contributed by atoms with Crippen LogP contribution in [-0.4, -0.2) is 18.1 Å². The van der Waals surface area contributed by atoms with E-state index in [1.807, 2.05) is 0 Å². The number of hydrogen-bond donors (Lipinski definition) is 1. The van der Waals surface area contributed by atoms with Gasteiger partial charge in [0, 0.05) is 10.2 Å². The zero-order valence-electron chi connectivity index (χ0n) is 11.3. The van der Waals surface area contributed by atoms with E-state index < -0.39 is 23.2 Å². The van der Waals surface area contributed by atoms with Crippen molar-refractivity contribution in [2.24, 2.45) is 0 Å². The smallest absolute Gasteiger partial charge is 0.366 e. The minimum atomic E-state index is -4.48. The Bertz CT molecular complexity index is 495. The van der Waals surface area contributed by atoms with Gasteiger partial charge < -0.3 is 10.1 Å². The molecule has 0 saturated heterocycles. The summed E-state index contributed by atoms with van der Waals surface area (Å²) >= 11 is 2.83. The average Bonchev–Trinajstić information content (AvgIpc) is 2.27. The molecule has 0 unspecified atom stereocenters. The molecule has 1 aromatic rings. The summed E-state index contributed by atoms with van der Waals surface area (Å²) in [5.74, 6) is -0.504. The first kappa shape index (κ1) is 17.0. The Morgan fingerprint density at radius 3 is 2.40 bits per heavy atom. The second-order valence-electron chi connectivity index (χ2n) is 5.14. The first-order chi connectivity index (χ1) is 8.99. The zero-order valence-corrected chi connectivity index (χ0v) is 12.9. The molecule has 1 N–H and O–H groups in total. The summed E-state index contributed by atoms with van der Waals surface area (Å²) in [5.41, 5.74) is -1.26. The lowest BCUT2D eigenvalue weighted by Crippen LogP contribution is -2.27. The monoisotopic (exact) mass is 353 g/mol. The van der Waals surface area contributed by atoms with Crippen LogP contribution in [0.15, 0.2) is 22.7 Å². The van der Waals surface area contributed by atoms with E-state index in [-0.39, 0.29) is 16.8 Å². The third-order valence-corrected chi connectivity index (χ3v) is 2.88. The fourth-order valence-electron chi connectivity index (χ4n) is 1.30. The number of amides is 1. The van der Waals surface area contributed by atoms with E-state index in [1.54, 1.807) is 20.8 Å². The van der Waals surface area contributed by atoms with E-state index in [0.29, 0.717) is 0 Å². The van der Waals surface area contributed by atoms with Gasteiger partial charge in [-0.2, -0.15) is 13.2 Å². The van der Waals surface area contributed by atoms with E-state index in [1.165, 1.54) is 12.1 Å². The molecule has 0 aliphatic carbocycles. The van der Waals surface area contributed by atoms with Crippen LogP contribution in [0.4, 0.5) is 18.9 Å². The summed E-state index contributed by atoms with van der Waals surface area (Å²) in [4.78, 5) is 11.6. The van der Waals surface area contributed by atoms with Gasteiger partial charge in [-0.05, 0) is 39.0 Å². The number of halogens is 4. The lowest BCUT2D eigenvalue weighted by Gasteiger charge is -2.19. The van der Waals surface area contributed by atoms with Gasteiger partial charge in [0.1, 0.15) is 6.61 Å². The van der Waals surface area contributed by atoms with Crippen molar-refractivity contribution in [3.05, 3.63) is 28.2 Å². The maximum Gasteiger partial charge on any atom is 0.417 e. The van der Waals surface area contributed by atoms with E-state index >= 15 is 0 Å². The highest BCUT2D eigenvalue weighted by Crippen LogP contribution is 2.36. The molecule has 0 heterocycles. The summed E-state index contributed by atoms with van der Waals surface area (Å²) < 4.78 is 43.3. The van der Waals surface area contributed by atoms with Gasteiger partial charge in [0.05, 0.1) is 11.2 Å². The van der Waals surface area contributed by atoms with Crippen LogP contribution >= 0.6 is 15.9 Å². The molecule has 1 rings (SSSR count). The summed E-state index contributed by atoms with van der Waals surface area (Å²) in [6.45, 7) is 5.12. The molecule has 0 saturated carbocycles. The molecular weight excluding hydrogens is 339 g/mol. The Morgan fingerprint density at radius 1 is 1.30 bits per heavy atom. The second kappa shape index (κ2) is 6.13. The Balaban J connectivity index is 2.77. The van der Waals surface area contributed by atoms with E-state index in [0.717, 1.165) is 6.07 Å². The number of hydrogen-bond acceptors (Lipinski definition) is 2. The molecule has 3 nitrogen and oxygen atoms in total. The van der Waals surface area contributed by atoms with Gasteiger partial charge in [-0.25, -0.2) is 0 Å². The average molecular weight is 354 g/mol. The van der Waals surface area contributed by atoms with Crippen molar-refractivity contribution in [3.8, 4) is 0 Å². The highest BCUT2D eigenvalue weighted by atomic mass is 79.9. The highest BCUT2D eigenvalue weighted by Gasteiger charge is 2.33. The van der Waals surface area contributed by atoms with Crippen molar-refractivity contribution >= 4 is 27.5 Å². The highest BCUT2D eigenvalue weighted by molar-refractivity contribution is 9.10. The van der Waals surface area contributed by atoms with Gasteiger partial charge in [-0.15, -0.1) is 0 Å². The van der Waals surface area contributed by atoms with Crippen LogP contribution in [0.25, 0.3) is 0 Å². The molecule has 0 bridgehead atoms. The molecule has 7 heteroatoms. The number of carbonyl (C=O) groups excluding carboxylic acids is 1. The summed E-state index contributed by atoms with van der Waals surface area (Å²) in [6, 6.07) is 3.50. The minimum Gasteiger partial charge on any atom is -0.366 e. The van der Waals surface area contributed by atoms with E-state index in [2.05, 4.69) is 21.2 Å². The number of anilines is 1. The molecule has 112 valence electrons. The van der Waals surface area contributed by atoms with Crippen molar-refractivity contribution < 1.29 is 22.7 Å². The summed E-state index contributed by atoms with van der Waals surface area (Å²) in [7, 11) is 0. The predicted octanol–water partition coefficient (Wildman–Crippen LogP) is 4.22. The van der Waals surface area contributed by atoms with Gasteiger partial charge in [-0.1, -0.05) is 15.9 Å². The van der Waals surface area contributed by atoms with Crippen LogP contribution < -0.4 is 5.32 Å². The molecule has 0 fully saturated rings. The lowest BCUT2D eigenvalue weighted by molar-refractivity contribution is -0.138. The zero-order chi connectivity index (χ0) is 15.6. The van der Waals surface area contributed by atoms with Crippen molar-refractivity contribution in [2.75, 3.05) is 11.9 Å². The molecule has 0 aromatic heterocycles. The Kier molecular flexibility index (Phi) is 5.21. The van der Waals surface area contributed by atoms with Crippen molar-refractivity contribution in [1.82, 2.24) is 0 Å². The van der Waals surface area contributed by atoms with Gasteiger partial charge in [-0.3, -0.25) is 4.79 Å². The normalized spacial score (nSPS) is 12.3. The van der Waals surface area contributed by atoms with Crippen LogP contribution in [0.5, 0.6) is 0 Å². The van der Waals surface area contributed by atoms with Gasteiger partial charge >= 0.3 is 6.18 Å². The number of alkyl halides is 3. The van der Waals surface area contributed by atoms with Gasteiger partial charge in [0.2, 0.25) is 5.91 Å². The molecule has 0 aliphatic heterocycles. The van der Waals surface area contributed by atoms with Crippen LogP contribution in [0.1, 0.15) is 26.3 Å². The number of carbonyl (C=O) groups is 1. The molecule has 20 heavy (non-hydrogen) atoms. The fourth-order valence-corrected chi connectivity index (χ4v) is 1.77. The van der Waals surface area contributed by atoms with Crippen LogP contribution in [0.2, 0.25) is 0 Å². The topological polar surface area (TPSA) is 38.3 Å². The summed E-state index contributed by atoms with van der Waals surface area (Å²) in [5, 5.41) is 2.37. The number of nitrogens with one attached hydrogen (secondary N) is 1. The third kappa shape index (κ3) is 5.50. The molecule has 0 spiro atoms. The first-order valence-corrected chi connectivity index (χ1v) is 6.59. The van der Waals surface area contributed by atoms with Crippen LogP contribution in [0, 0.1) is 0 Å². The van der Waals surface area contributed by atoms with Crippen molar-refractivity contribution in [1.29, 1.82) is 0 Å². The van der Waals surface area contributed by atoms with Gasteiger partial charge in [0.25, 0.3) is 0 Å². The fraction of sp³-hybridized carbons (Fsp3) is 0.462. The van der Waals surface area contributed by atoms with Crippen LogP contribution in [-0.2, 0) is 15.7 Å². The molecule has 1 amide bonds. The standard InChI is InChI=1S/C13H15BrF3NO2/c1-12(2,3)20-7-11(19)18-8-4-5-10(14)9(6-8)13(15,16)17/h4-6H,7H2,1-3H3,(H,18,19). The quantitative estimate of drug-likeness (QED) is 0.883. The van der Waals surface area contributed by atoms with E-state index in [9.17, 15) is 18.0 Å². The molecule has 0 aliphatic rings. The van der Waals surface area contributed by atoms with Crippen molar-refractivity contribution in [3.63, 3.8) is 0 Å². The maximum absolute atomic E-state index is 12.7. The lowest BCUT2D eigenvalue weighted by atomic mass is 10.2. The second-order valence-corrected chi connectivity index (χ2v) is 6.00. The minimum absolute atomic E-state index is 0.0723. The Labute approximate surface area is 123 Å². The first-order valence-electron chi connectivity index (χ1n) is 5.79. The SMILES string of the molecule is CC(C)(C)OCC(=O)Nc1ccc(Br)c(C(F)(F)F)c1. The molecular formula is C13H15BrF3NO2. The number of ether oxygens (including phenoxy) is 1. The number of benzene rings is 1. The number of rotatable bonds is 3. The summed E-state index contributed by atoms with van der Waals surface area (Å²) in [6.07, 6.45) is -4.48. The Morgan fingerprint density at radius 2 is 1.90 bits per heavy atom. The molecule has 1 aromatic carbocycles. The maximum atomic E-state index is 12.7. The molecule has 0 radical (unpaired) electrons. The largest absolute Gasteiger partial charge is 0.417 e. The Hall–Kier alpha value is -1.08. The third-order valence-electron chi connectivity index (χ3n) is 2.19.